The fourth-order valence-corrected chi connectivity index (χ4v) is 16.9. The first-order valence-corrected chi connectivity index (χ1v) is 34.2. The molecule has 2 aromatic rings. The predicted molar refractivity (Wildman–Crippen MR) is 357 cm³/mol. The molecule has 11 unspecified atom stereocenters. The van der Waals surface area contributed by atoms with Crippen LogP contribution >= 0.6 is 7.82 Å². The van der Waals surface area contributed by atoms with Crippen molar-refractivity contribution in [1.29, 1.82) is 5.26 Å². The minimum absolute atomic E-state index is 0. The smallest absolute Gasteiger partial charge is 0.756 e. The minimum atomic E-state index is -5.49. The van der Waals surface area contributed by atoms with Gasteiger partial charge in [-0.05, 0) is 119 Å². The first kappa shape index (κ1) is 80.9. The number of carbonyl (C=O) groups is 9. The molecular formula is C67H92CoN14O17P-. The van der Waals surface area contributed by atoms with E-state index in [0.717, 1.165) is 11.1 Å². The molecule has 2 saturated heterocycles. The van der Waals surface area contributed by atoms with Gasteiger partial charge in [-0.2, -0.15) is 5.70 Å². The van der Waals surface area contributed by atoms with Gasteiger partial charge < -0.3 is 95.1 Å². The van der Waals surface area contributed by atoms with Crippen molar-refractivity contribution in [2.24, 2.45) is 94.7 Å². The second kappa shape index (κ2) is 31.5. The number of hydrogen-bond acceptors (Lipinski definition) is 21. The van der Waals surface area contributed by atoms with Crippen LogP contribution in [0.5, 0.6) is 0 Å². The monoisotopic (exact) mass is 1450 g/mol. The van der Waals surface area contributed by atoms with Gasteiger partial charge in [-0.1, -0.05) is 40.7 Å². The van der Waals surface area contributed by atoms with Crippen molar-refractivity contribution in [3.05, 3.63) is 75.8 Å². The Bertz CT molecular complexity index is 3880. The summed E-state index contributed by atoms with van der Waals surface area (Å²) in [6.07, 6.45) is -6.87. The zero-order valence-electron chi connectivity index (χ0n) is 58.1. The molecule has 100 heavy (non-hydrogen) atoms. The van der Waals surface area contributed by atoms with Crippen LogP contribution in [-0.4, -0.2) is 139 Å². The molecule has 0 saturated carbocycles. The number of aliphatic hydroxyl groups is 1. The number of hydrogen-bond donors (Lipinski definition) is 9. The maximum atomic E-state index is 14.5. The Morgan fingerprint density at radius 3 is 1.95 bits per heavy atom. The van der Waals surface area contributed by atoms with Crippen LogP contribution in [0.3, 0.4) is 0 Å². The average molecular weight is 1460 g/mol. The van der Waals surface area contributed by atoms with Gasteiger partial charge >= 0.3 is 28.7 Å². The van der Waals surface area contributed by atoms with Crippen molar-refractivity contribution in [2.75, 3.05) is 13.2 Å². The quantitative estimate of drug-likeness (QED) is 0.0305. The molecule has 0 spiro atoms. The van der Waals surface area contributed by atoms with E-state index in [-0.39, 0.29) is 87.4 Å². The van der Waals surface area contributed by atoms with Crippen LogP contribution in [0.1, 0.15) is 163 Å². The summed E-state index contributed by atoms with van der Waals surface area (Å²) in [4.78, 5) is 152. The molecule has 2 fully saturated rings. The number of carboxylic acid groups (broad SMARTS) is 1. The van der Waals surface area contributed by atoms with Crippen molar-refractivity contribution >= 4 is 89.3 Å². The number of amides is 7. The third-order valence-electron chi connectivity index (χ3n) is 21.3. The number of phosphoric ester groups is 1. The number of esters is 1. The first-order chi connectivity index (χ1) is 46.1. The summed E-state index contributed by atoms with van der Waals surface area (Å²) < 4.78 is 37.8. The minimum Gasteiger partial charge on any atom is -0.756 e. The fourth-order valence-electron chi connectivity index (χ4n) is 15.8. The molecule has 31 nitrogen and oxygen atoms in total. The molecule has 6 aliphatic heterocycles. The first-order valence-electron chi connectivity index (χ1n) is 32.7. The number of aliphatic hydroxyl groups excluding tert-OH is 1. The Hall–Kier alpha value is -8.02. The van der Waals surface area contributed by atoms with Gasteiger partial charge in [0.25, 0.3) is 7.82 Å². The number of aromatic nitrogens is 2. The molecule has 7 heterocycles. The Morgan fingerprint density at radius 1 is 0.780 bits per heavy atom. The summed E-state index contributed by atoms with van der Waals surface area (Å²) in [5.74, 6) is -9.87. The van der Waals surface area contributed by atoms with E-state index in [1.165, 1.54) is 17.8 Å². The van der Waals surface area contributed by atoms with Gasteiger partial charge in [0.1, 0.15) is 24.9 Å². The number of nitrogens with one attached hydrogen (secondary N) is 1. The second-order valence-electron chi connectivity index (χ2n) is 28.4. The number of allylic oxidation sites excluding steroid dienone is 6. The van der Waals surface area contributed by atoms with Crippen LogP contribution in [0.4, 0.5) is 0 Å². The van der Waals surface area contributed by atoms with Crippen LogP contribution < -0.4 is 44.6 Å². The van der Waals surface area contributed by atoms with Crippen LogP contribution in [0.25, 0.3) is 16.4 Å². The van der Waals surface area contributed by atoms with Crippen LogP contribution in [0, 0.1) is 71.0 Å². The van der Waals surface area contributed by atoms with Crippen molar-refractivity contribution < 1.29 is 98.1 Å². The van der Waals surface area contributed by atoms with Gasteiger partial charge in [-0.25, -0.2) is 4.98 Å². The normalized spacial score (nSPS) is 31.5. The van der Waals surface area contributed by atoms with Crippen molar-refractivity contribution in [3.63, 3.8) is 0 Å². The van der Waals surface area contributed by atoms with Crippen molar-refractivity contribution in [2.45, 2.75) is 202 Å². The molecular weight excluding hydrogens is 1360 g/mol. The Labute approximate surface area is 590 Å². The zero-order valence-corrected chi connectivity index (χ0v) is 60.0. The number of nitrogens with two attached hydrogens (primary N) is 6. The molecule has 547 valence electrons. The predicted octanol–water partition coefficient (Wildman–Crippen LogP) is 3.82. The number of primary amides is 6. The summed E-state index contributed by atoms with van der Waals surface area (Å²) in [5.41, 5.74) is 36.1. The number of ether oxygens (including phenoxy) is 2. The molecule has 33 heteroatoms. The van der Waals surface area contributed by atoms with E-state index in [4.69, 9.17) is 90.2 Å². The SMILES string of the molecule is C/C1=C2N=C(/C=C3N=C(/C(C)=C4\[N-]C(C(CC(N)=O)C4(C)CCC(=O)NCC(C)OP(=O)([O-])O[C@H]4[C@@H](O)[C@@H](n5cnc6cc(C)c(C)cc65)O[C@@H]4COC(=O)CCC(=O)O)C4(C)N=C1C(CCC(N)=O)C4(C)CC(N)=O)C(CCC(N)=O)C\3(C)C)C(CCC(N)=O)C/2(C)CC(N)=O.[C-]#N.[Co+2]. The molecule has 0 aliphatic carbocycles. The van der Waals surface area contributed by atoms with Gasteiger partial charge in [0, 0.05) is 108 Å². The van der Waals surface area contributed by atoms with E-state index in [0.29, 0.717) is 56.4 Å². The summed E-state index contributed by atoms with van der Waals surface area (Å²) in [5, 5.41) is 35.5. The number of imidazole rings is 1. The van der Waals surface area contributed by atoms with E-state index in [9.17, 15) is 57.7 Å². The van der Waals surface area contributed by atoms with E-state index >= 15 is 0 Å². The Balaban J connectivity index is 0.00000520. The van der Waals surface area contributed by atoms with E-state index in [2.05, 4.69) is 10.3 Å². The van der Waals surface area contributed by atoms with Gasteiger partial charge in [0.2, 0.25) is 41.4 Å². The third kappa shape index (κ3) is 16.6. The number of aliphatic carboxylic acids is 1. The molecule has 6 aliphatic rings. The van der Waals surface area contributed by atoms with E-state index in [1.807, 2.05) is 53.7 Å². The standard InChI is InChI=1S/C66H94N13O17P.CN.Co/c1-31-22-41-42(23-32(31)2)79(30-74-41)61-56(90)57(43(94-61)29-93-53(89)19-18-52(87)88)96-97(91,92)95-33(3)28-73-51(86)20-21-63(8)39(24-48(70)83)60-66(11)65(10,27-50(72)85)38(14-17-47(69)82)55(78-66)35(5)59-64(9,26-49(71)84)36(12-15-45(67)80)40(75-59)25-44-62(6,7)37(13-16-46(68)81)54(76-44)34(4)58(63)77-60;1-2;/h22-23,25,30,33,36-39,43,56-57,60-61,90H,12-21,24,26-29H2,1-11H3,(H16,67,68,69,70,71,72,73,75,76,77,78,80,81,82,83,84,85,86,87,88,91,92);;/q;-1;+2/p-2/t33?,36?,37?,38?,39?,43-,56-,57-,60?,61+,63?,64?,65?,66?;;/m1../s1. The number of carbonyl (C=O) groups excluding carboxylic acids is 8. The van der Waals surface area contributed by atoms with Crippen LogP contribution in [0.2, 0.25) is 0 Å². The van der Waals surface area contributed by atoms with Gasteiger partial charge in [-0.3, -0.25) is 62.7 Å². The molecule has 7 amide bonds. The fraction of sp³-hybridized carbons (Fsp3) is 0.612. The topological polar surface area (TPSA) is 532 Å². The summed E-state index contributed by atoms with van der Waals surface area (Å²) in [6, 6.07) is 2.53. The maximum Gasteiger partial charge on any atom is 2.00 e. The number of benzene rings is 1. The summed E-state index contributed by atoms with van der Waals surface area (Å²) >= 11 is 0. The Kier molecular flexibility index (Phi) is 25.5. The Morgan fingerprint density at radius 2 is 1.37 bits per heavy atom. The maximum absolute atomic E-state index is 14.5. The molecule has 1 aromatic heterocycles. The third-order valence-corrected chi connectivity index (χ3v) is 22.4. The van der Waals surface area contributed by atoms with Crippen molar-refractivity contribution in [3.8, 4) is 0 Å². The van der Waals surface area contributed by atoms with Crippen molar-refractivity contribution in [1.82, 2.24) is 14.9 Å². The summed E-state index contributed by atoms with van der Waals surface area (Å²) in [6.45, 7) is 23.4. The number of phosphoric acid groups is 1. The van der Waals surface area contributed by atoms with Gasteiger partial charge in [0.05, 0.1) is 47.5 Å². The molecule has 1 radical (unpaired) electrons. The molecule has 15 atom stereocenters. The number of aryl methyl sites for hydroxylation is 2. The number of fused-ring (bicyclic) bond motifs is 7. The largest absolute Gasteiger partial charge is 2.00 e. The van der Waals surface area contributed by atoms with Gasteiger partial charge in [-0.15, -0.1) is 0 Å². The van der Waals surface area contributed by atoms with Crippen LogP contribution in [0.15, 0.2) is 67.8 Å². The van der Waals surface area contributed by atoms with Gasteiger partial charge in [0.15, 0.2) is 6.23 Å². The molecule has 8 bridgehead atoms. The van der Waals surface area contributed by atoms with Crippen LogP contribution in [-0.2, 0) is 83.0 Å². The number of rotatable bonds is 30. The molecule has 15 N–H and O–H groups in total. The second-order valence-corrected chi connectivity index (χ2v) is 29.7. The average Bonchev–Trinajstić information content (AvgIpc) is 1.53. The molecule has 1 aromatic carbocycles. The number of aliphatic imine (C=N–C) groups is 3. The van der Waals surface area contributed by atoms with E-state index < -0.39 is 175 Å². The number of carboxylic acids is 1. The zero-order chi connectivity index (χ0) is 74.0. The number of nitrogens with zero attached hydrogens (tertiary/aromatic N) is 7. The summed E-state index contributed by atoms with van der Waals surface area (Å²) in [7, 11) is -5.49. The van der Waals surface area contributed by atoms with E-state index in [1.54, 1.807) is 33.8 Å². The molecule has 8 rings (SSSR count).